The van der Waals surface area contributed by atoms with Gasteiger partial charge in [-0.3, -0.25) is 14.4 Å². The van der Waals surface area contributed by atoms with E-state index in [1.54, 1.807) is 49.3 Å². The first-order chi connectivity index (χ1) is 16.8. The van der Waals surface area contributed by atoms with Crippen LogP contribution in [0.4, 0.5) is 5.69 Å². The fourth-order valence-corrected chi connectivity index (χ4v) is 6.70. The predicted octanol–water partition coefficient (Wildman–Crippen LogP) is 1.91. The number of nitrogens with zero attached hydrogens (tertiary/aromatic N) is 2. The molecule has 35 heavy (non-hydrogen) atoms. The number of benzene rings is 1. The number of carbonyl (C=O) groups excluding carboxylic acids is 3. The molecule has 0 aromatic heterocycles. The van der Waals surface area contributed by atoms with Gasteiger partial charge in [-0.05, 0) is 44.0 Å². The van der Waals surface area contributed by atoms with Crippen LogP contribution in [0.25, 0.3) is 0 Å². The van der Waals surface area contributed by atoms with E-state index in [0.29, 0.717) is 24.3 Å². The zero-order chi connectivity index (χ0) is 25.3. The molecule has 1 spiro atoms. The van der Waals surface area contributed by atoms with E-state index in [0.717, 1.165) is 0 Å². The summed E-state index contributed by atoms with van der Waals surface area (Å²) in [6, 6.07) is 6.09. The molecule has 2 amide bonds. The number of amides is 2. The number of fused-ring (bicyclic) bond motifs is 1. The molecule has 2 bridgehead atoms. The lowest BCUT2D eigenvalue weighted by Gasteiger charge is -2.37. The molecule has 4 rings (SSSR count). The van der Waals surface area contributed by atoms with Gasteiger partial charge in [0.15, 0.2) is 0 Å². The molecule has 1 aromatic carbocycles. The van der Waals surface area contributed by atoms with Gasteiger partial charge in [-0.15, -0.1) is 6.58 Å². The summed E-state index contributed by atoms with van der Waals surface area (Å²) in [6.45, 7) is 5.95. The highest BCUT2D eigenvalue weighted by Gasteiger charge is 2.77. The maximum atomic E-state index is 14.2. The second-order valence-electron chi connectivity index (χ2n) is 8.96. The van der Waals surface area contributed by atoms with E-state index in [1.807, 2.05) is 0 Å². The maximum Gasteiger partial charge on any atom is 0.312 e. The number of hydrogen-bond acceptors (Lipinski definition) is 7. The first-order valence-corrected chi connectivity index (χ1v) is 12.7. The van der Waals surface area contributed by atoms with Crippen LogP contribution in [-0.2, 0) is 23.9 Å². The molecule has 3 aliphatic heterocycles. The summed E-state index contributed by atoms with van der Waals surface area (Å²) in [6.07, 6.45) is 1.76. The molecule has 3 heterocycles. The van der Waals surface area contributed by atoms with Crippen molar-refractivity contribution in [2.75, 3.05) is 38.3 Å². The number of hydrogen-bond donors (Lipinski definition) is 1. The third-order valence-corrected chi connectivity index (χ3v) is 7.95. The number of ether oxygens (including phenoxy) is 3. The summed E-state index contributed by atoms with van der Waals surface area (Å²) in [7, 11) is 1.56. The minimum atomic E-state index is -1.17. The first kappa shape index (κ1) is 25.7. The van der Waals surface area contributed by atoms with Gasteiger partial charge < -0.3 is 29.1 Å². The van der Waals surface area contributed by atoms with E-state index in [4.69, 9.17) is 14.2 Å². The third-order valence-electron chi connectivity index (χ3n) is 7.10. The number of halogens is 1. The van der Waals surface area contributed by atoms with Gasteiger partial charge in [0.05, 0.1) is 31.7 Å². The Labute approximate surface area is 213 Å². The van der Waals surface area contributed by atoms with Gasteiger partial charge >= 0.3 is 5.97 Å². The number of alkyl halides is 1. The van der Waals surface area contributed by atoms with Gasteiger partial charge in [0, 0.05) is 30.2 Å². The summed E-state index contributed by atoms with van der Waals surface area (Å²) >= 11 is 3.63. The lowest BCUT2D eigenvalue weighted by Crippen LogP contribution is -2.57. The maximum absolute atomic E-state index is 14.2. The molecule has 3 unspecified atom stereocenters. The lowest BCUT2D eigenvalue weighted by molar-refractivity contribution is -0.154. The van der Waals surface area contributed by atoms with Crippen LogP contribution < -0.4 is 9.64 Å². The second kappa shape index (κ2) is 10.3. The molecule has 6 atom stereocenters. The van der Waals surface area contributed by atoms with E-state index < -0.39 is 35.6 Å². The van der Waals surface area contributed by atoms with Crippen molar-refractivity contribution in [3.05, 3.63) is 36.9 Å². The average Bonchev–Trinajstić information content (AvgIpc) is 3.44. The van der Waals surface area contributed by atoms with Gasteiger partial charge in [0.1, 0.15) is 17.4 Å². The average molecular weight is 551 g/mol. The van der Waals surface area contributed by atoms with Crippen LogP contribution in [0.2, 0.25) is 0 Å². The Kier molecular flexibility index (Phi) is 7.54. The molecular weight excluding hydrogens is 520 g/mol. The van der Waals surface area contributed by atoms with Crippen molar-refractivity contribution < 1.29 is 33.7 Å². The van der Waals surface area contributed by atoms with Gasteiger partial charge in [0.25, 0.3) is 5.91 Å². The van der Waals surface area contributed by atoms with Crippen molar-refractivity contribution in [3.63, 3.8) is 0 Å². The Morgan fingerprint density at radius 2 is 2.09 bits per heavy atom. The number of likely N-dealkylation sites (tertiary alicyclic amines) is 1. The number of aliphatic hydroxyl groups excluding tert-OH is 1. The van der Waals surface area contributed by atoms with E-state index in [1.165, 1.54) is 4.90 Å². The predicted molar refractivity (Wildman–Crippen MR) is 131 cm³/mol. The Bertz CT molecular complexity index is 987. The van der Waals surface area contributed by atoms with E-state index >= 15 is 0 Å². The monoisotopic (exact) mass is 550 g/mol. The van der Waals surface area contributed by atoms with E-state index in [9.17, 15) is 19.5 Å². The zero-order valence-corrected chi connectivity index (χ0v) is 21.5. The van der Waals surface area contributed by atoms with Crippen molar-refractivity contribution in [1.82, 2.24) is 4.90 Å². The fraction of sp³-hybridized carbons (Fsp3) is 0.560. The fourth-order valence-electron chi connectivity index (χ4n) is 5.76. The highest BCUT2D eigenvalue weighted by Crippen LogP contribution is 2.60. The van der Waals surface area contributed by atoms with Crippen molar-refractivity contribution in [2.45, 2.75) is 42.3 Å². The molecular formula is C25H31BrN2O7. The minimum absolute atomic E-state index is 0.136. The van der Waals surface area contributed by atoms with Crippen molar-refractivity contribution in [1.29, 1.82) is 0 Å². The van der Waals surface area contributed by atoms with Crippen LogP contribution in [0.3, 0.4) is 0 Å². The summed E-state index contributed by atoms with van der Waals surface area (Å²) < 4.78 is 17.0. The van der Waals surface area contributed by atoms with Crippen LogP contribution in [0, 0.1) is 11.8 Å². The molecule has 3 saturated heterocycles. The van der Waals surface area contributed by atoms with Crippen LogP contribution >= 0.6 is 15.9 Å². The Balaban J connectivity index is 1.77. The van der Waals surface area contributed by atoms with Crippen LogP contribution in [-0.4, -0.2) is 83.8 Å². The quantitative estimate of drug-likeness (QED) is 0.269. The molecule has 190 valence electrons. The minimum Gasteiger partial charge on any atom is -0.497 e. The Morgan fingerprint density at radius 3 is 2.69 bits per heavy atom. The van der Waals surface area contributed by atoms with Crippen molar-refractivity contribution in [2.24, 2.45) is 11.8 Å². The number of anilines is 1. The summed E-state index contributed by atoms with van der Waals surface area (Å²) in [5.41, 5.74) is -0.554. The molecule has 1 N–H and O–H groups in total. The molecule has 10 heteroatoms. The SMILES string of the molecule is C=CCN(C(=O)C1N(CCCO)C(=O)[C@@H]2[C@H](C(=O)OCC)[C@H]3OC12CC3Br)c1ccc(OC)cc1. The van der Waals surface area contributed by atoms with Gasteiger partial charge in [0.2, 0.25) is 5.91 Å². The van der Waals surface area contributed by atoms with Gasteiger partial charge in [-0.2, -0.15) is 0 Å². The highest BCUT2D eigenvalue weighted by molar-refractivity contribution is 9.09. The smallest absolute Gasteiger partial charge is 0.312 e. The Morgan fingerprint density at radius 1 is 1.37 bits per heavy atom. The molecule has 9 nitrogen and oxygen atoms in total. The Hall–Kier alpha value is -2.43. The first-order valence-electron chi connectivity index (χ1n) is 11.8. The van der Waals surface area contributed by atoms with Crippen molar-refractivity contribution >= 4 is 39.4 Å². The number of aliphatic hydroxyl groups is 1. The number of carbonyl (C=O) groups is 3. The lowest BCUT2D eigenvalue weighted by atomic mass is 9.70. The normalized spacial score (nSPS) is 30.8. The largest absolute Gasteiger partial charge is 0.497 e. The van der Waals surface area contributed by atoms with E-state index in [-0.39, 0.29) is 42.9 Å². The van der Waals surface area contributed by atoms with Crippen LogP contribution in [0.5, 0.6) is 5.75 Å². The summed E-state index contributed by atoms with van der Waals surface area (Å²) in [4.78, 5) is 43.7. The molecule has 3 aliphatic rings. The highest BCUT2D eigenvalue weighted by atomic mass is 79.9. The molecule has 0 aliphatic carbocycles. The summed E-state index contributed by atoms with van der Waals surface area (Å²) in [5.74, 6) is -2.11. The van der Waals surface area contributed by atoms with Crippen molar-refractivity contribution in [3.8, 4) is 5.75 Å². The van der Waals surface area contributed by atoms with Crippen LogP contribution in [0.1, 0.15) is 19.8 Å². The number of rotatable bonds is 10. The molecule has 0 saturated carbocycles. The second-order valence-corrected chi connectivity index (χ2v) is 10.1. The molecule has 0 radical (unpaired) electrons. The number of methoxy groups -OCH3 is 1. The van der Waals surface area contributed by atoms with Crippen LogP contribution in [0.15, 0.2) is 36.9 Å². The molecule has 1 aromatic rings. The topological polar surface area (TPSA) is 106 Å². The standard InChI is InChI=1S/C25H31BrN2O7/c1-4-11-27(15-7-9-16(33-3)10-8-15)23(31)21-25-14-17(26)20(35-25)18(24(32)34-5-2)19(25)22(30)28(21)12-6-13-29/h4,7-10,17-21,29H,1,5-6,11-14H2,2-3H3/t17?,18-,19-,20-,21?,25?/m0/s1. The summed E-state index contributed by atoms with van der Waals surface area (Å²) in [5, 5.41) is 9.47. The van der Waals surface area contributed by atoms with E-state index in [2.05, 4.69) is 22.5 Å². The zero-order valence-electron chi connectivity index (χ0n) is 19.9. The van der Waals surface area contributed by atoms with Gasteiger partial charge in [-0.1, -0.05) is 22.0 Å². The number of esters is 1. The third kappa shape index (κ3) is 4.15. The molecule has 3 fully saturated rings. The van der Waals surface area contributed by atoms with Gasteiger partial charge in [-0.25, -0.2) is 0 Å².